The number of ether oxygens (including phenoxy) is 2. The Morgan fingerprint density at radius 1 is 1.06 bits per heavy atom. The summed E-state index contributed by atoms with van der Waals surface area (Å²) in [7, 11) is 1.62. The summed E-state index contributed by atoms with van der Waals surface area (Å²) in [5.74, 6) is 1.73. The topological polar surface area (TPSA) is 65.4 Å². The van der Waals surface area contributed by atoms with E-state index in [1.807, 2.05) is 79.0 Å². The maximum atomic E-state index is 12.4. The molecule has 4 aromatic rings. The number of carbonyl (C=O) groups is 1. The van der Waals surface area contributed by atoms with Crippen LogP contribution in [0.5, 0.6) is 11.5 Å². The molecule has 1 aromatic heterocycles. The van der Waals surface area contributed by atoms with E-state index in [0.717, 1.165) is 32.7 Å². The minimum atomic E-state index is -0.256. The first-order chi connectivity index (χ1) is 16.6. The fourth-order valence-corrected chi connectivity index (χ4v) is 3.60. The summed E-state index contributed by atoms with van der Waals surface area (Å²) in [6.45, 7) is 0.987. The highest BCUT2D eigenvalue weighted by atomic mass is 79.9. The monoisotopic (exact) mass is 517 g/mol. The number of hydrogen-bond acceptors (Lipinski definition) is 4. The number of anilines is 1. The summed E-state index contributed by atoms with van der Waals surface area (Å²) < 4.78 is 14.1. The molecule has 0 radical (unpaired) electrons. The molecule has 1 heterocycles. The van der Waals surface area contributed by atoms with E-state index in [1.54, 1.807) is 23.9 Å². The lowest BCUT2D eigenvalue weighted by Crippen LogP contribution is -2.09. The minimum absolute atomic E-state index is 0.256. The van der Waals surface area contributed by atoms with Crippen molar-refractivity contribution in [1.29, 1.82) is 0 Å². The van der Waals surface area contributed by atoms with Crippen LogP contribution in [0.3, 0.4) is 0 Å². The van der Waals surface area contributed by atoms with Crippen molar-refractivity contribution < 1.29 is 14.3 Å². The van der Waals surface area contributed by atoms with E-state index in [9.17, 15) is 4.79 Å². The van der Waals surface area contributed by atoms with E-state index in [1.165, 1.54) is 6.08 Å². The minimum Gasteiger partial charge on any atom is -0.496 e. The third kappa shape index (κ3) is 6.59. The maximum Gasteiger partial charge on any atom is 0.249 e. The van der Waals surface area contributed by atoms with Crippen LogP contribution in [0.25, 0.3) is 6.08 Å². The number of aromatic nitrogens is 2. The van der Waals surface area contributed by atoms with Crippen LogP contribution in [0, 0.1) is 0 Å². The number of amides is 1. The Balaban J connectivity index is 1.36. The van der Waals surface area contributed by atoms with Crippen LogP contribution >= 0.6 is 15.9 Å². The standard InChI is InChI=1S/C27H24BrN3O3/c1-33-25-13-7-20(17-22(25)19-34-24-11-9-23(28)10-12-24)8-14-27(32)29-26-15-16-31(30-26)18-21-5-3-2-4-6-21/h2-17H,18-19H2,1H3,(H,29,30,32)/b14-8+. The fourth-order valence-electron chi connectivity index (χ4n) is 3.33. The van der Waals surface area contributed by atoms with Crippen LogP contribution < -0.4 is 14.8 Å². The SMILES string of the molecule is COc1ccc(/C=C/C(=O)Nc2ccn(Cc3ccccc3)n2)cc1COc1ccc(Br)cc1. The Morgan fingerprint density at radius 2 is 1.85 bits per heavy atom. The molecule has 0 bridgehead atoms. The zero-order chi connectivity index (χ0) is 23.8. The molecule has 0 atom stereocenters. The first-order valence-corrected chi connectivity index (χ1v) is 11.5. The summed E-state index contributed by atoms with van der Waals surface area (Å²) in [5.41, 5.74) is 2.88. The highest BCUT2D eigenvalue weighted by molar-refractivity contribution is 9.10. The Bertz CT molecular complexity index is 1270. The van der Waals surface area contributed by atoms with Gasteiger partial charge in [-0.1, -0.05) is 52.3 Å². The Morgan fingerprint density at radius 3 is 2.62 bits per heavy atom. The molecule has 0 aliphatic carbocycles. The van der Waals surface area contributed by atoms with Gasteiger partial charge in [-0.05, 0) is 53.6 Å². The van der Waals surface area contributed by atoms with Gasteiger partial charge in [-0.3, -0.25) is 9.48 Å². The summed E-state index contributed by atoms with van der Waals surface area (Å²) in [6.07, 6.45) is 5.07. The van der Waals surface area contributed by atoms with Crippen molar-refractivity contribution in [3.05, 3.63) is 112 Å². The molecular formula is C27H24BrN3O3. The fraction of sp³-hybridized carbons (Fsp3) is 0.111. The van der Waals surface area contributed by atoms with Crippen LogP contribution in [0.1, 0.15) is 16.7 Å². The number of nitrogens with zero attached hydrogens (tertiary/aromatic N) is 2. The second kappa shape index (κ2) is 11.3. The van der Waals surface area contributed by atoms with Crippen LogP contribution in [-0.2, 0) is 17.9 Å². The first kappa shape index (κ1) is 23.3. The molecule has 0 unspecified atom stereocenters. The van der Waals surface area contributed by atoms with Crippen molar-refractivity contribution >= 4 is 33.7 Å². The third-order valence-corrected chi connectivity index (χ3v) is 5.55. The zero-order valence-electron chi connectivity index (χ0n) is 18.6. The largest absolute Gasteiger partial charge is 0.496 e. The second-order valence-electron chi connectivity index (χ2n) is 7.52. The lowest BCUT2D eigenvalue weighted by molar-refractivity contribution is -0.111. The molecule has 1 N–H and O–H groups in total. The van der Waals surface area contributed by atoms with Gasteiger partial charge in [-0.2, -0.15) is 5.10 Å². The van der Waals surface area contributed by atoms with Gasteiger partial charge in [0.05, 0.1) is 13.7 Å². The smallest absolute Gasteiger partial charge is 0.249 e. The van der Waals surface area contributed by atoms with Gasteiger partial charge in [0.15, 0.2) is 5.82 Å². The normalized spacial score (nSPS) is 10.9. The lowest BCUT2D eigenvalue weighted by atomic mass is 10.1. The van der Waals surface area contributed by atoms with Crippen molar-refractivity contribution in [2.75, 3.05) is 12.4 Å². The van der Waals surface area contributed by atoms with Crippen molar-refractivity contribution in [3.63, 3.8) is 0 Å². The van der Waals surface area contributed by atoms with E-state index in [4.69, 9.17) is 9.47 Å². The summed E-state index contributed by atoms with van der Waals surface area (Å²) in [4.78, 5) is 12.4. The van der Waals surface area contributed by atoms with Gasteiger partial charge in [0.2, 0.25) is 5.91 Å². The zero-order valence-corrected chi connectivity index (χ0v) is 20.2. The highest BCUT2D eigenvalue weighted by Gasteiger charge is 2.07. The molecule has 7 heteroatoms. The average Bonchev–Trinajstić information content (AvgIpc) is 3.29. The summed E-state index contributed by atoms with van der Waals surface area (Å²) in [6, 6.07) is 25.1. The molecule has 34 heavy (non-hydrogen) atoms. The Hall–Kier alpha value is -3.84. The number of methoxy groups -OCH3 is 1. The highest BCUT2D eigenvalue weighted by Crippen LogP contribution is 2.24. The first-order valence-electron chi connectivity index (χ1n) is 10.7. The summed E-state index contributed by atoms with van der Waals surface area (Å²) in [5, 5.41) is 7.21. The Kier molecular flexibility index (Phi) is 7.78. The number of carbonyl (C=O) groups excluding carboxylic acids is 1. The quantitative estimate of drug-likeness (QED) is 0.279. The van der Waals surface area contributed by atoms with Crippen molar-refractivity contribution in [2.45, 2.75) is 13.2 Å². The van der Waals surface area contributed by atoms with Crippen LogP contribution in [-0.4, -0.2) is 22.8 Å². The molecule has 0 saturated carbocycles. The molecule has 4 rings (SSSR count). The van der Waals surface area contributed by atoms with E-state index >= 15 is 0 Å². The molecular weight excluding hydrogens is 494 g/mol. The second-order valence-corrected chi connectivity index (χ2v) is 8.44. The van der Waals surface area contributed by atoms with Crippen LogP contribution in [0.4, 0.5) is 5.82 Å². The van der Waals surface area contributed by atoms with E-state index < -0.39 is 0 Å². The number of hydrogen-bond donors (Lipinski definition) is 1. The summed E-state index contributed by atoms with van der Waals surface area (Å²) >= 11 is 3.42. The molecule has 172 valence electrons. The molecule has 0 fully saturated rings. The predicted molar refractivity (Wildman–Crippen MR) is 137 cm³/mol. The van der Waals surface area contributed by atoms with Gasteiger partial charge in [-0.25, -0.2) is 0 Å². The molecule has 0 spiro atoms. The maximum absolute atomic E-state index is 12.4. The molecule has 6 nitrogen and oxygen atoms in total. The van der Waals surface area contributed by atoms with Crippen molar-refractivity contribution in [1.82, 2.24) is 9.78 Å². The number of halogens is 1. The number of nitrogens with one attached hydrogen (secondary N) is 1. The number of benzene rings is 3. The van der Waals surface area contributed by atoms with Gasteiger partial charge in [0.25, 0.3) is 0 Å². The van der Waals surface area contributed by atoms with E-state index in [0.29, 0.717) is 19.0 Å². The van der Waals surface area contributed by atoms with Crippen molar-refractivity contribution in [3.8, 4) is 11.5 Å². The van der Waals surface area contributed by atoms with Crippen LogP contribution in [0.2, 0.25) is 0 Å². The average molecular weight is 518 g/mol. The third-order valence-electron chi connectivity index (χ3n) is 5.02. The number of rotatable bonds is 9. The van der Waals surface area contributed by atoms with Gasteiger partial charge < -0.3 is 14.8 Å². The lowest BCUT2D eigenvalue weighted by Gasteiger charge is -2.11. The molecule has 0 aliphatic heterocycles. The Labute approximate surface area is 207 Å². The van der Waals surface area contributed by atoms with E-state index in [-0.39, 0.29) is 5.91 Å². The molecule has 0 saturated heterocycles. The van der Waals surface area contributed by atoms with Gasteiger partial charge in [-0.15, -0.1) is 0 Å². The molecule has 3 aromatic carbocycles. The predicted octanol–water partition coefficient (Wildman–Crippen LogP) is 5.93. The van der Waals surface area contributed by atoms with Gasteiger partial charge in [0.1, 0.15) is 18.1 Å². The van der Waals surface area contributed by atoms with Crippen LogP contribution in [0.15, 0.2) is 95.6 Å². The molecule has 1 amide bonds. The van der Waals surface area contributed by atoms with Gasteiger partial charge >= 0.3 is 0 Å². The van der Waals surface area contributed by atoms with E-state index in [2.05, 4.69) is 26.3 Å². The molecule has 0 aliphatic rings. The van der Waals surface area contributed by atoms with Crippen molar-refractivity contribution in [2.24, 2.45) is 0 Å². The van der Waals surface area contributed by atoms with Gasteiger partial charge in [0, 0.05) is 28.4 Å².